The first-order valence-corrected chi connectivity index (χ1v) is 3.85. The minimum absolute atomic E-state index is 0.153. The van der Waals surface area contributed by atoms with E-state index in [9.17, 15) is 4.79 Å². The van der Waals surface area contributed by atoms with Gasteiger partial charge in [0.1, 0.15) is 4.32 Å². The summed E-state index contributed by atoms with van der Waals surface area (Å²) in [7, 11) is 0. The van der Waals surface area contributed by atoms with E-state index in [-0.39, 0.29) is 6.10 Å². The minimum atomic E-state index is -0.831. The zero-order valence-electron chi connectivity index (χ0n) is 5.63. The summed E-state index contributed by atoms with van der Waals surface area (Å²) in [6.07, 6.45) is 0.697. The van der Waals surface area contributed by atoms with Crippen molar-refractivity contribution < 1.29 is 14.6 Å². The van der Waals surface area contributed by atoms with E-state index >= 15 is 0 Å². The highest BCUT2D eigenvalue weighted by molar-refractivity contribution is 9.10. The molecule has 0 aliphatic carbocycles. The van der Waals surface area contributed by atoms with Crippen molar-refractivity contribution in [2.75, 3.05) is 6.61 Å². The quantitative estimate of drug-likeness (QED) is 0.557. The average molecular weight is 209 g/mol. The highest BCUT2D eigenvalue weighted by Gasteiger charge is 2.37. The fourth-order valence-electron chi connectivity index (χ4n) is 0.701. The summed E-state index contributed by atoms with van der Waals surface area (Å²) in [5.41, 5.74) is 0. The van der Waals surface area contributed by atoms with Gasteiger partial charge in [-0.05, 0) is 6.92 Å². The molecular weight excluding hydrogens is 200 g/mol. The Morgan fingerprint density at radius 2 is 2.50 bits per heavy atom. The lowest BCUT2D eigenvalue weighted by Gasteiger charge is -2.14. The summed E-state index contributed by atoms with van der Waals surface area (Å²) in [6.45, 7) is 2.34. The van der Waals surface area contributed by atoms with E-state index in [2.05, 4.69) is 15.9 Å². The molecule has 0 aromatic carbocycles. The van der Waals surface area contributed by atoms with Crippen LogP contribution in [-0.4, -0.2) is 28.1 Å². The molecule has 1 saturated heterocycles. The third-order valence-corrected chi connectivity index (χ3v) is 2.12. The molecular formula is C6H9BrO3. The van der Waals surface area contributed by atoms with Gasteiger partial charge in [-0.2, -0.15) is 0 Å². The normalized spacial score (nSPS) is 29.2. The lowest BCUT2D eigenvalue weighted by atomic mass is 10.1. The number of alkyl halides is 1. The molecule has 1 N–H and O–H groups in total. The lowest BCUT2D eigenvalue weighted by molar-refractivity contribution is -0.139. The number of rotatable bonds is 3. The van der Waals surface area contributed by atoms with Crippen LogP contribution in [0.5, 0.6) is 0 Å². The van der Waals surface area contributed by atoms with Crippen LogP contribution in [0.3, 0.4) is 0 Å². The van der Waals surface area contributed by atoms with Crippen molar-refractivity contribution in [1.82, 2.24) is 0 Å². The molecule has 1 fully saturated rings. The van der Waals surface area contributed by atoms with Crippen molar-refractivity contribution in [3.05, 3.63) is 0 Å². The molecule has 2 atom stereocenters. The molecule has 1 heterocycles. The van der Waals surface area contributed by atoms with Gasteiger partial charge in [0.05, 0.1) is 12.7 Å². The van der Waals surface area contributed by atoms with E-state index in [4.69, 9.17) is 9.84 Å². The summed E-state index contributed by atoms with van der Waals surface area (Å²) in [5.74, 6) is -0.831. The van der Waals surface area contributed by atoms with E-state index in [0.29, 0.717) is 13.0 Å². The zero-order valence-corrected chi connectivity index (χ0v) is 7.22. The molecule has 58 valence electrons. The summed E-state index contributed by atoms with van der Waals surface area (Å²) in [5, 5.41) is 8.62. The molecule has 3 nitrogen and oxygen atoms in total. The highest BCUT2D eigenvalue weighted by atomic mass is 79.9. The van der Waals surface area contributed by atoms with Gasteiger partial charge in [0.15, 0.2) is 0 Å². The first-order valence-electron chi connectivity index (χ1n) is 3.06. The molecule has 0 amide bonds. The van der Waals surface area contributed by atoms with Crippen molar-refractivity contribution >= 4 is 21.9 Å². The van der Waals surface area contributed by atoms with Gasteiger partial charge in [0, 0.05) is 6.42 Å². The molecule has 0 bridgehead atoms. The fourth-order valence-corrected chi connectivity index (χ4v) is 1.06. The molecule has 0 aromatic rings. The van der Waals surface area contributed by atoms with Crippen LogP contribution in [-0.2, 0) is 9.53 Å². The molecule has 10 heavy (non-hydrogen) atoms. The Bertz CT molecular complexity index is 151. The molecule has 0 radical (unpaired) electrons. The Balaban J connectivity index is 2.40. The van der Waals surface area contributed by atoms with Gasteiger partial charge in [-0.25, -0.2) is 0 Å². The van der Waals surface area contributed by atoms with Gasteiger partial charge in [-0.3, -0.25) is 4.79 Å². The van der Waals surface area contributed by atoms with Crippen LogP contribution in [0.15, 0.2) is 0 Å². The number of aliphatic carboxylic acids is 1. The van der Waals surface area contributed by atoms with Crippen LogP contribution in [0.2, 0.25) is 0 Å². The molecule has 1 aliphatic heterocycles. The van der Waals surface area contributed by atoms with Gasteiger partial charge < -0.3 is 9.84 Å². The van der Waals surface area contributed by atoms with Gasteiger partial charge in [-0.15, -0.1) is 0 Å². The summed E-state index contributed by atoms with van der Waals surface area (Å²) >= 11 is 3.11. The molecule has 2 unspecified atom stereocenters. The highest BCUT2D eigenvalue weighted by Crippen LogP contribution is 2.29. The van der Waals surface area contributed by atoms with Crippen molar-refractivity contribution in [2.24, 2.45) is 0 Å². The van der Waals surface area contributed by atoms with Gasteiger partial charge in [-0.1, -0.05) is 15.9 Å². The SMILES string of the molecule is CC(Br)(CC1CO1)C(=O)O. The Morgan fingerprint density at radius 1 is 2.00 bits per heavy atom. The summed E-state index contributed by atoms with van der Waals surface area (Å²) in [6, 6.07) is 0. The van der Waals surface area contributed by atoms with E-state index < -0.39 is 10.3 Å². The zero-order chi connectivity index (χ0) is 7.78. The Kier molecular flexibility index (Phi) is 2.01. The van der Waals surface area contributed by atoms with Crippen LogP contribution in [0.25, 0.3) is 0 Å². The number of hydrogen-bond acceptors (Lipinski definition) is 2. The van der Waals surface area contributed by atoms with E-state index in [1.54, 1.807) is 6.92 Å². The van der Waals surface area contributed by atoms with Crippen LogP contribution < -0.4 is 0 Å². The number of carbonyl (C=O) groups is 1. The first kappa shape index (κ1) is 8.01. The topological polar surface area (TPSA) is 49.8 Å². The van der Waals surface area contributed by atoms with Gasteiger partial charge >= 0.3 is 5.97 Å². The van der Waals surface area contributed by atoms with E-state index in [1.165, 1.54) is 0 Å². The lowest BCUT2D eigenvalue weighted by Crippen LogP contribution is -2.29. The predicted octanol–water partition coefficient (Wildman–Crippen LogP) is 1.01. The van der Waals surface area contributed by atoms with Crippen molar-refractivity contribution in [1.29, 1.82) is 0 Å². The van der Waals surface area contributed by atoms with Crippen molar-refractivity contribution in [3.8, 4) is 0 Å². The number of carboxylic acids is 1. The number of hydrogen-bond donors (Lipinski definition) is 1. The first-order chi connectivity index (χ1) is 4.52. The second-order valence-corrected chi connectivity index (χ2v) is 4.41. The maximum Gasteiger partial charge on any atom is 0.320 e. The van der Waals surface area contributed by atoms with Crippen molar-refractivity contribution in [2.45, 2.75) is 23.8 Å². The maximum absolute atomic E-state index is 10.5. The number of epoxide rings is 1. The number of carboxylic acid groups (broad SMARTS) is 1. The van der Waals surface area contributed by atoms with Crippen LogP contribution in [0, 0.1) is 0 Å². The second-order valence-electron chi connectivity index (χ2n) is 2.66. The molecule has 0 spiro atoms. The third kappa shape index (κ3) is 1.95. The minimum Gasteiger partial charge on any atom is -0.480 e. The molecule has 4 heteroatoms. The predicted molar refractivity (Wildman–Crippen MR) is 39.3 cm³/mol. The summed E-state index contributed by atoms with van der Waals surface area (Å²) in [4.78, 5) is 10.5. The van der Waals surface area contributed by atoms with Gasteiger partial charge in [0.25, 0.3) is 0 Å². The molecule has 1 rings (SSSR count). The molecule has 1 aliphatic rings. The average Bonchev–Trinajstić information content (AvgIpc) is 2.48. The van der Waals surface area contributed by atoms with Crippen LogP contribution in [0.1, 0.15) is 13.3 Å². The Hall–Kier alpha value is -0.0900. The van der Waals surface area contributed by atoms with Crippen LogP contribution in [0.4, 0.5) is 0 Å². The van der Waals surface area contributed by atoms with Crippen molar-refractivity contribution in [3.63, 3.8) is 0 Å². The van der Waals surface area contributed by atoms with Gasteiger partial charge in [0.2, 0.25) is 0 Å². The smallest absolute Gasteiger partial charge is 0.320 e. The maximum atomic E-state index is 10.5. The van der Waals surface area contributed by atoms with E-state index in [0.717, 1.165) is 0 Å². The number of halogens is 1. The van der Waals surface area contributed by atoms with E-state index in [1.807, 2.05) is 0 Å². The largest absolute Gasteiger partial charge is 0.480 e. The fraction of sp³-hybridized carbons (Fsp3) is 0.833. The third-order valence-electron chi connectivity index (χ3n) is 1.46. The molecule has 0 aromatic heterocycles. The monoisotopic (exact) mass is 208 g/mol. The number of ether oxygens (including phenoxy) is 1. The Morgan fingerprint density at radius 3 is 2.80 bits per heavy atom. The second kappa shape index (κ2) is 2.51. The standard InChI is InChI=1S/C6H9BrO3/c1-6(7,5(8)9)2-4-3-10-4/h4H,2-3H2,1H3,(H,8,9). The Labute approximate surface area is 67.5 Å². The van der Waals surface area contributed by atoms with Crippen LogP contribution >= 0.6 is 15.9 Å². The summed E-state index contributed by atoms with van der Waals surface area (Å²) < 4.78 is 4.09. The molecule has 0 saturated carbocycles.